The predicted octanol–water partition coefficient (Wildman–Crippen LogP) is 5.09. The Balaban J connectivity index is 1.89. The smallest absolute Gasteiger partial charge is 0.168 e. The number of thiophene rings is 1. The highest BCUT2D eigenvalue weighted by Gasteiger charge is 2.09. The van der Waals surface area contributed by atoms with Crippen LogP contribution in [0, 0.1) is 0 Å². The first-order valence-corrected chi connectivity index (χ1v) is 7.59. The van der Waals surface area contributed by atoms with Gasteiger partial charge in [0, 0.05) is 16.9 Å². The van der Waals surface area contributed by atoms with Crippen LogP contribution < -0.4 is 0 Å². The molecule has 0 saturated heterocycles. The molecular formula is C16H11BrOS. The zero-order valence-electron chi connectivity index (χ0n) is 10.1. The van der Waals surface area contributed by atoms with Gasteiger partial charge in [-0.2, -0.15) is 0 Å². The molecule has 3 rings (SSSR count). The van der Waals surface area contributed by atoms with E-state index in [1.165, 1.54) is 0 Å². The number of hydrogen-bond acceptors (Lipinski definition) is 2. The number of halogens is 1. The third-order valence-electron chi connectivity index (χ3n) is 3.04. The molecule has 0 amide bonds. The van der Waals surface area contributed by atoms with Gasteiger partial charge in [0.15, 0.2) is 5.78 Å². The molecule has 0 bridgehead atoms. The van der Waals surface area contributed by atoms with Crippen molar-refractivity contribution in [3.05, 3.63) is 68.8 Å². The van der Waals surface area contributed by atoms with E-state index in [0.29, 0.717) is 6.42 Å². The summed E-state index contributed by atoms with van der Waals surface area (Å²) in [7, 11) is 0. The molecule has 19 heavy (non-hydrogen) atoms. The molecule has 2 aromatic carbocycles. The zero-order chi connectivity index (χ0) is 13.2. The van der Waals surface area contributed by atoms with Crippen molar-refractivity contribution in [1.29, 1.82) is 0 Å². The molecule has 0 atom stereocenters. The number of rotatable bonds is 3. The van der Waals surface area contributed by atoms with Crippen LogP contribution in [0.15, 0.2) is 58.4 Å². The third kappa shape index (κ3) is 2.77. The largest absolute Gasteiger partial charge is 0.294 e. The highest BCUT2D eigenvalue weighted by molar-refractivity contribution is 9.11. The van der Waals surface area contributed by atoms with Gasteiger partial charge >= 0.3 is 0 Å². The zero-order valence-corrected chi connectivity index (χ0v) is 12.5. The number of ketones is 1. The Labute approximate surface area is 124 Å². The fourth-order valence-corrected chi connectivity index (χ4v) is 3.55. The topological polar surface area (TPSA) is 17.1 Å². The number of hydrogen-bond donors (Lipinski definition) is 0. The molecule has 0 spiro atoms. The summed E-state index contributed by atoms with van der Waals surface area (Å²) in [5.74, 6) is 0.167. The lowest BCUT2D eigenvalue weighted by Gasteiger charge is -2.02. The third-order valence-corrected chi connectivity index (χ3v) is 4.66. The maximum atomic E-state index is 12.3. The van der Waals surface area contributed by atoms with Crippen molar-refractivity contribution < 1.29 is 4.79 Å². The average molecular weight is 331 g/mol. The maximum Gasteiger partial charge on any atom is 0.168 e. The van der Waals surface area contributed by atoms with Crippen molar-refractivity contribution >= 4 is 43.8 Å². The second-order valence-corrected chi connectivity index (χ2v) is 6.92. The molecule has 0 aliphatic carbocycles. The average Bonchev–Trinajstić information content (AvgIpc) is 2.83. The van der Waals surface area contributed by atoms with Crippen LogP contribution in [0.25, 0.3) is 10.8 Å². The Hall–Kier alpha value is -1.45. The second-order valence-electron chi connectivity index (χ2n) is 4.37. The van der Waals surface area contributed by atoms with Crippen LogP contribution in [0.5, 0.6) is 0 Å². The fourth-order valence-electron chi connectivity index (χ4n) is 2.07. The molecule has 0 aliphatic heterocycles. The molecule has 3 heteroatoms. The highest BCUT2D eigenvalue weighted by atomic mass is 79.9. The van der Waals surface area contributed by atoms with Gasteiger partial charge in [0.2, 0.25) is 0 Å². The maximum absolute atomic E-state index is 12.3. The molecule has 0 aliphatic rings. The Kier molecular flexibility index (Phi) is 3.49. The SMILES string of the molecule is O=C(Cc1ccc(Br)s1)c1ccc2ccccc2c1. The van der Waals surface area contributed by atoms with Gasteiger partial charge < -0.3 is 0 Å². The Morgan fingerprint density at radius 1 is 1.00 bits per heavy atom. The van der Waals surface area contributed by atoms with E-state index in [-0.39, 0.29) is 5.78 Å². The van der Waals surface area contributed by atoms with E-state index >= 15 is 0 Å². The molecule has 94 valence electrons. The van der Waals surface area contributed by atoms with Crippen LogP contribution in [-0.2, 0) is 6.42 Å². The quantitative estimate of drug-likeness (QED) is 0.611. The van der Waals surface area contributed by atoms with Crippen LogP contribution in [-0.4, -0.2) is 5.78 Å². The van der Waals surface area contributed by atoms with Gasteiger partial charge in [-0.1, -0.05) is 36.4 Å². The van der Waals surface area contributed by atoms with Gasteiger partial charge in [0.1, 0.15) is 0 Å². The summed E-state index contributed by atoms with van der Waals surface area (Å²) >= 11 is 5.03. The van der Waals surface area contributed by atoms with Crippen LogP contribution in [0.4, 0.5) is 0 Å². The molecule has 3 aromatic rings. The minimum absolute atomic E-state index is 0.167. The van der Waals surface area contributed by atoms with Crippen LogP contribution in [0.3, 0.4) is 0 Å². The molecule has 1 nitrogen and oxygen atoms in total. The molecule has 0 fully saturated rings. The van der Waals surface area contributed by atoms with E-state index < -0.39 is 0 Å². The molecule has 0 N–H and O–H groups in total. The van der Waals surface area contributed by atoms with Crippen molar-refractivity contribution in [3.8, 4) is 0 Å². The van der Waals surface area contributed by atoms with E-state index in [1.54, 1.807) is 11.3 Å². The van der Waals surface area contributed by atoms with Crippen molar-refractivity contribution in [1.82, 2.24) is 0 Å². The van der Waals surface area contributed by atoms with Crippen molar-refractivity contribution in [2.45, 2.75) is 6.42 Å². The monoisotopic (exact) mass is 330 g/mol. The highest BCUT2D eigenvalue weighted by Crippen LogP contribution is 2.24. The molecule has 0 saturated carbocycles. The standard InChI is InChI=1S/C16H11BrOS/c17-16-8-7-14(19-16)10-15(18)13-6-5-11-3-1-2-4-12(11)9-13/h1-9H,10H2. The van der Waals surface area contributed by atoms with Gasteiger partial charge in [-0.3, -0.25) is 4.79 Å². The number of benzene rings is 2. The first-order valence-electron chi connectivity index (χ1n) is 5.98. The van der Waals surface area contributed by atoms with Crippen molar-refractivity contribution in [2.24, 2.45) is 0 Å². The lowest BCUT2D eigenvalue weighted by molar-refractivity contribution is 0.0994. The Morgan fingerprint density at radius 3 is 2.53 bits per heavy atom. The van der Waals surface area contributed by atoms with Gasteiger partial charge in [0.25, 0.3) is 0 Å². The van der Waals surface area contributed by atoms with Crippen LogP contribution in [0.2, 0.25) is 0 Å². The van der Waals surface area contributed by atoms with Crippen molar-refractivity contribution in [3.63, 3.8) is 0 Å². The first-order chi connectivity index (χ1) is 9.22. The van der Waals surface area contributed by atoms with E-state index in [9.17, 15) is 4.79 Å². The van der Waals surface area contributed by atoms with E-state index in [4.69, 9.17) is 0 Å². The van der Waals surface area contributed by atoms with Crippen molar-refractivity contribution in [2.75, 3.05) is 0 Å². The van der Waals surface area contributed by atoms with E-state index in [0.717, 1.165) is 25.0 Å². The summed E-state index contributed by atoms with van der Waals surface area (Å²) in [6.07, 6.45) is 0.467. The normalized spacial score (nSPS) is 10.8. The van der Waals surface area contributed by atoms with Crippen LogP contribution >= 0.6 is 27.3 Å². The predicted molar refractivity (Wildman–Crippen MR) is 84.0 cm³/mol. The van der Waals surface area contributed by atoms with Crippen LogP contribution in [0.1, 0.15) is 15.2 Å². The van der Waals surface area contributed by atoms with Gasteiger partial charge in [0.05, 0.1) is 3.79 Å². The number of carbonyl (C=O) groups is 1. The summed E-state index contributed by atoms with van der Waals surface area (Å²) in [5.41, 5.74) is 0.781. The lowest BCUT2D eigenvalue weighted by atomic mass is 10.0. The molecule has 0 radical (unpaired) electrons. The van der Waals surface area contributed by atoms with Gasteiger partial charge in [-0.05, 0) is 44.9 Å². The number of Topliss-reactive ketones (excluding diaryl/α,β-unsaturated/α-hetero) is 1. The minimum atomic E-state index is 0.167. The minimum Gasteiger partial charge on any atom is -0.294 e. The van der Waals surface area contributed by atoms with E-state index in [1.807, 2.05) is 48.5 Å². The summed E-state index contributed by atoms with van der Waals surface area (Å²) in [5, 5.41) is 2.28. The molecule has 0 unspecified atom stereocenters. The molecule has 1 aromatic heterocycles. The summed E-state index contributed by atoms with van der Waals surface area (Å²) in [4.78, 5) is 13.3. The Morgan fingerprint density at radius 2 is 1.79 bits per heavy atom. The molecular weight excluding hydrogens is 320 g/mol. The number of carbonyl (C=O) groups excluding carboxylic acids is 1. The first kappa shape index (κ1) is 12.6. The second kappa shape index (κ2) is 5.27. The molecule has 1 heterocycles. The lowest BCUT2D eigenvalue weighted by Crippen LogP contribution is -2.01. The Bertz CT molecular complexity index is 745. The van der Waals surface area contributed by atoms with Gasteiger partial charge in [-0.15, -0.1) is 11.3 Å². The summed E-state index contributed by atoms with van der Waals surface area (Å²) < 4.78 is 1.06. The fraction of sp³-hybridized carbons (Fsp3) is 0.0625. The summed E-state index contributed by atoms with van der Waals surface area (Å²) in [6, 6.07) is 18.0. The summed E-state index contributed by atoms with van der Waals surface area (Å²) in [6.45, 7) is 0. The van der Waals surface area contributed by atoms with Gasteiger partial charge in [-0.25, -0.2) is 0 Å². The number of fused-ring (bicyclic) bond motifs is 1. The van der Waals surface area contributed by atoms with E-state index in [2.05, 4.69) is 22.0 Å².